The van der Waals surface area contributed by atoms with E-state index in [2.05, 4.69) is 0 Å². The van der Waals surface area contributed by atoms with Gasteiger partial charge in [-0.1, -0.05) is 30.4 Å². The Morgan fingerprint density at radius 1 is 1.50 bits per heavy atom. The molecule has 1 atom stereocenters. The average molecular weight is 257 g/mol. The third-order valence-corrected chi connectivity index (χ3v) is 3.39. The van der Waals surface area contributed by atoms with E-state index in [4.69, 9.17) is 28.2 Å². The van der Waals surface area contributed by atoms with Crippen LogP contribution >= 0.6 is 24.0 Å². The molecule has 0 aliphatic carbocycles. The van der Waals surface area contributed by atoms with Crippen molar-refractivity contribution in [3.05, 3.63) is 35.4 Å². The van der Waals surface area contributed by atoms with Gasteiger partial charge in [-0.15, -0.1) is 0 Å². The molecule has 0 aliphatic rings. The van der Waals surface area contributed by atoms with Crippen LogP contribution in [0.15, 0.2) is 24.3 Å². The summed E-state index contributed by atoms with van der Waals surface area (Å²) in [5.41, 5.74) is 7.50. The highest BCUT2D eigenvalue weighted by atomic mass is 32.2. The second kappa shape index (κ2) is 6.85. The minimum Gasteiger partial charge on any atom is -0.394 e. The van der Waals surface area contributed by atoms with Crippen LogP contribution in [0.3, 0.4) is 0 Å². The zero-order chi connectivity index (χ0) is 12.0. The molecule has 1 aromatic rings. The van der Waals surface area contributed by atoms with E-state index in [1.54, 1.807) is 11.8 Å². The first kappa shape index (κ1) is 13.4. The molecule has 1 aromatic carbocycles. The highest BCUT2D eigenvalue weighted by Crippen LogP contribution is 2.14. The van der Waals surface area contributed by atoms with Gasteiger partial charge >= 0.3 is 0 Å². The van der Waals surface area contributed by atoms with E-state index in [-0.39, 0.29) is 6.61 Å². The molecule has 0 aliphatic heterocycles. The summed E-state index contributed by atoms with van der Waals surface area (Å²) >= 11 is 6.46. The Labute approximate surface area is 105 Å². The highest BCUT2D eigenvalue weighted by Gasteiger charge is 2.03. The van der Waals surface area contributed by atoms with Crippen molar-refractivity contribution in [1.82, 2.24) is 0 Å². The van der Waals surface area contributed by atoms with Gasteiger partial charge in [0.1, 0.15) is 4.99 Å². The van der Waals surface area contributed by atoms with E-state index in [1.165, 1.54) is 0 Å². The molecule has 1 unspecified atom stereocenters. The van der Waals surface area contributed by atoms with Crippen LogP contribution in [0, 0.1) is 0 Å². The molecule has 3 nitrogen and oxygen atoms in total. The molecule has 0 spiro atoms. The van der Waals surface area contributed by atoms with Crippen LogP contribution in [0.2, 0.25) is 0 Å². The number of nitrogens with two attached hydrogens (primary N) is 1. The van der Waals surface area contributed by atoms with Crippen molar-refractivity contribution < 1.29 is 10.2 Å². The minimum absolute atomic E-state index is 0.195. The Balaban J connectivity index is 2.48. The molecule has 4 N–H and O–H groups in total. The molecule has 0 radical (unpaired) electrons. The summed E-state index contributed by atoms with van der Waals surface area (Å²) in [6, 6.07) is 7.71. The second-order valence-electron chi connectivity index (χ2n) is 3.42. The Hall–Kier alpha value is -0.620. The van der Waals surface area contributed by atoms with Crippen LogP contribution < -0.4 is 5.73 Å². The van der Waals surface area contributed by atoms with Crippen molar-refractivity contribution >= 4 is 29.0 Å². The molecule has 0 saturated heterocycles. The lowest BCUT2D eigenvalue weighted by Gasteiger charge is -2.07. The van der Waals surface area contributed by atoms with Crippen LogP contribution in [-0.4, -0.2) is 33.7 Å². The van der Waals surface area contributed by atoms with Crippen molar-refractivity contribution in [2.24, 2.45) is 5.73 Å². The maximum Gasteiger partial charge on any atom is 0.103 e. The Bertz CT molecular complexity index is 358. The van der Waals surface area contributed by atoms with Gasteiger partial charge in [-0.2, -0.15) is 11.8 Å². The fraction of sp³-hybridized carbons (Fsp3) is 0.364. The standard InChI is InChI=1S/C11H15NO2S2/c12-11(15)9-3-1-2-8(4-9)6-16-7-10(14)5-13/h1-4,10,13-14H,5-7H2,(H2,12,15). The highest BCUT2D eigenvalue weighted by molar-refractivity contribution is 7.98. The number of aliphatic hydroxyl groups excluding tert-OH is 2. The lowest BCUT2D eigenvalue weighted by atomic mass is 10.1. The van der Waals surface area contributed by atoms with E-state index in [9.17, 15) is 0 Å². The largest absolute Gasteiger partial charge is 0.394 e. The predicted octanol–water partition coefficient (Wildman–Crippen LogP) is 0.907. The summed E-state index contributed by atoms with van der Waals surface area (Å²) in [7, 11) is 0. The first-order valence-electron chi connectivity index (χ1n) is 4.89. The maximum atomic E-state index is 9.17. The zero-order valence-corrected chi connectivity index (χ0v) is 10.4. The van der Waals surface area contributed by atoms with Crippen LogP contribution in [0.1, 0.15) is 11.1 Å². The first-order chi connectivity index (χ1) is 7.63. The van der Waals surface area contributed by atoms with Crippen molar-refractivity contribution in [3.8, 4) is 0 Å². The minimum atomic E-state index is -0.649. The fourth-order valence-electron chi connectivity index (χ4n) is 1.18. The number of rotatable bonds is 6. The molecule has 0 fully saturated rings. The van der Waals surface area contributed by atoms with E-state index >= 15 is 0 Å². The normalized spacial score (nSPS) is 12.4. The summed E-state index contributed by atoms with van der Waals surface area (Å²) in [4.78, 5) is 0.391. The molecule has 0 saturated carbocycles. The monoisotopic (exact) mass is 257 g/mol. The number of hydrogen-bond acceptors (Lipinski definition) is 4. The summed E-state index contributed by atoms with van der Waals surface area (Å²) < 4.78 is 0. The number of thiocarbonyl (C=S) groups is 1. The molecule has 0 aromatic heterocycles. The third-order valence-electron chi connectivity index (χ3n) is 2.00. The van der Waals surface area contributed by atoms with Crippen molar-refractivity contribution in [2.75, 3.05) is 12.4 Å². The van der Waals surface area contributed by atoms with Gasteiger partial charge in [0.05, 0.1) is 12.7 Å². The Kier molecular flexibility index (Phi) is 5.76. The molecule has 0 heterocycles. The van der Waals surface area contributed by atoms with Crippen LogP contribution in [0.25, 0.3) is 0 Å². The Morgan fingerprint density at radius 2 is 2.25 bits per heavy atom. The van der Waals surface area contributed by atoms with Gasteiger partial charge in [0.25, 0.3) is 0 Å². The van der Waals surface area contributed by atoms with Gasteiger partial charge in [0, 0.05) is 17.1 Å². The molecule has 0 amide bonds. The SMILES string of the molecule is NC(=S)c1cccc(CSCC(O)CO)c1. The number of aliphatic hydroxyl groups is 2. The van der Waals surface area contributed by atoms with Gasteiger partial charge in [-0.25, -0.2) is 0 Å². The molecule has 16 heavy (non-hydrogen) atoms. The predicted molar refractivity (Wildman–Crippen MR) is 71.6 cm³/mol. The van der Waals surface area contributed by atoms with Gasteiger partial charge < -0.3 is 15.9 Å². The number of thioether (sulfide) groups is 1. The average Bonchev–Trinajstić information content (AvgIpc) is 2.29. The quantitative estimate of drug-likeness (QED) is 0.661. The molecule has 1 rings (SSSR count). The summed E-state index contributed by atoms with van der Waals surface area (Å²) in [5, 5.41) is 17.8. The molecule has 5 heteroatoms. The summed E-state index contributed by atoms with van der Waals surface area (Å²) in [6.07, 6.45) is -0.649. The molecular formula is C11H15NO2S2. The van der Waals surface area contributed by atoms with E-state index in [0.717, 1.165) is 16.9 Å². The van der Waals surface area contributed by atoms with E-state index in [0.29, 0.717) is 10.7 Å². The lowest BCUT2D eigenvalue weighted by Crippen LogP contribution is -2.14. The maximum absolute atomic E-state index is 9.17. The van der Waals surface area contributed by atoms with Gasteiger partial charge in [-0.05, 0) is 11.6 Å². The van der Waals surface area contributed by atoms with Crippen LogP contribution in [0.5, 0.6) is 0 Å². The lowest BCUT2D eigenvalue weighted by molar-refractivity contribution is 0.113. The van der Waals surface area contributed by atoms with E-state index < -0.39 is 6.10 Å². The van der Waals surface area contributed by atoms with Gasteiger partial charge in [0.2, 0.25) is 0 Å². The number of hydrogen-bond donors (Lipinski definition) is 3. The molecule has 88 valence electrons. The van der Waals surface area contributed by atoms with Crippen molar-refractivity contribution in [1.29, 1.82) is 0 Å². The van der Waals surface area contributed by atoms with E-state index in [1.807, 2.05) is 24.3 Å². The number of benzene rings is 1. The third kappa shape index (κ3) is 4.49. The van der Waals surface area contributed by atoms with Crippen molar-refractivity contribution in [3.63, 3.8) is 0 Å². The molecule has 0 bridgehead atoms. The molecular weight excluding hydrogens is 242 g/mol. The van der Waals surface area contributed by atoms with Gasteiger partial charge in [0.15, 0.2) is 0 Å². The summed E-state index contributed by atoms with van der Waals surface area (Å²) in [5.74, 6) is 1.29. The zero-order valence-electron chi connectivity index (χ0n) is 8.80. The first-order valence-corrected chi connectivity index (χ1v) is 6.45. The Morgan fingerprint density at radius 3 is 2.88 bits per heavy atom. The topological polar surface area (TPSA) is 66.5 Å². The summed E-state index contributed by atoms with van der Waals surface area (Å²) in [6.45, 7) is -0.195. The van der Waals surface area contributed by atoms with Crippen LogP contribution in [-0.2, 0) is 5.75 Å². The van der Waals surface area contributed by atoms with Crippen LogP contribution in [0.4, 0.5) is 0 Å². The van der Waals surface area contributed by atoms with Crippen molar-refractivity contribution in [2.45, 2.75) is 11.9 Å². The second-order valence-corrected chi connectivity index (χ2v) is 4.89. The fourth-order valence-corrected chi connectivity index (χ4v) is 2.22. The smallest absolute Gasteiger partial charge is 0.103 e. The van der Waals surface area contributed by atoms with Gasteiger partial charge in [-0.3, -0.25) is 0 Å².